The molecule has 2 aromatic heterocycles. The lowest BCUT2D eigenvalue weighted by Gasteiger charge is -2.36. The zero-order valence-electron chi connectivity index (χ0n) is 23.4. The van der Waals surface area contributed by atoms with E-state index in [9.17, 15) is 19.2 Å². The van der Waals surface area contributed by atoms with Crippen LogP contribution in [0.1, 0.15) is 68.2 Å². The molecule has 1 fully saturated rings. The van der Waals surface area contributed by atoms with E-state index in [-0.39, 0.29) is 36.5 Å². The highest BCUT2D eigenvalue weighted by atomic mass is 16.5. The fourth-order valence-corrected chi connectivity index (χ4v) is 6.45. The molecule has 2 unspecified atom stereocenters. The van der Waals surface area contributed by atoms with Crippen LogP contribution in [0.15, 0.2) is 41.2 Å². The van der Waals surface area contributed by atoms with Crippen molar-refractivity contribution in [1.82, 2.24) is 19.9 Å². The molecule has 4 heterocycles. The molecular formula is C31H33N5O5. The number of hydrogen-bond donors (Lipinski definition) is 3. The van der Waals surface area contributed by atoms with Crippen molar-refractivity contribution < 1.29 is 19.1 Å². The number of nitrogens with zero attached hydrogens (tertiary/aromatic N) is 2. The maximum absolute atomic E-state index is 13.8. The second-order valence-corrected chi connectivity index (χ2v) is 10.8. The molecule has 0 bridgehead atoms. The second kappa shape index (κ2) is 10.3. The number of aromatic nitrogens is 3. The first-order chi connectivity index (χ1) is 19.8. The summed E-state index contributed by atoms with van der Waals surface area (Å²) in [6.45, 7) is 6.30. The lowest BCUT2D eigenvalue weighted by molar-refractivity contribution is -0.136. The molecule has 2 atom stereocenters. The van der Waals surface area contributed by atoms with Crippen LogP contribution in [0.25, 0.3) is 21.8 Å². The quantitative estimate of drug-likeness (QED) is 0.309. The van der Waals surface area contributed by atoms with Crippen LogP contribution in [-0.4, -0.2) is 38.9 Å². The zero-order valence-corrected chi connectivity index (χ0v) is 23.4. The molecule has 212 valence electrons. The van der Waals surface area contributed by atoms with Gasteiger partial charge < -0.3 is 15.0 Å². The van der Waals surface area contributed by atoms with Gasteiger partial charge in [-0.05, 0) is 55.9 Å². The van der Waals surface area contributed by atoms with Crippen LogP contribution in [0.3, 0.4) is 0 Å². The van der Waals surface area contributed by atoms with Crippen molar-refractivity contribution in [2.24, 2.45) is 0 Å². The Bertz CT molecular complexity index is 1790. The molecule has 41 heavy (non-hydrogen) atoms. The van der Waals surface area contributed by atoms with Gasteiger partial charge in [0.15, 0.2) is 0 Å². The Kier molecular flexibility index (Phi) is 6.73. The van der Waals surface area contributed by atoms with Gasteiger partial charge in [0.05, 0.1) is 35.3 Å². The van der Waals surface area contributed by atoms with Gasteiger partial charge in [-0.3, -0.25) is 29.1 Å². The summed E-state index contributed by atoms with van der Waals surface area (Å²) in [6, 6.07) is 10.5. The molecule has 6 rings (SSSR count). The van der Waals surface area contributed by atoms with Crippen molar-refractivity contribution in [1.29, 1.82) is 0 Å². The summed E-state index contributed by atoms with van der Waals surface area (Å²) in [4.78, 5) is 59.9. The van der Waals surface area contributed by atoms with Crippen molar-refractivity contribution in [2.75, 3.05) is 11.9 Å². The summed E-state index contributed by atoms with van der Waals surface area (Å²) >= 11 is 0. The van der Waals surface area contributed by atoms with Crippen LogP contribution in [0.4, 0.5) is 5.69 Å². The van der Waals surface area contributed by atoms with Crippen LogP contribution >= 0.6 is 0 Å². The predicted molar refractivity (Wildman–Crippen MR) is 155 cm³/mol. The number of anilines is 1. The molecule has 2 aliphatic rings. The molecule has 10 nitrogen and oxygen atoms in total. The number of nitrogens with one attached hydrogen (secondary N) is 3. The van der Waals surface area contributed by atoms with E-state index in [0.29, 0.717) is 30.1 Å². The minimum atomic E-state index is -0.853. The predicted octanol–water partition coefficient (Wildman–Crippen LogP) is 3.93. The monoisotopic (exact) mass is 555 g/mol. The van der Waals surface area contributed by atoms with E-state index in [1.807, 2.05) is 6.92 Å². The average Bonchev–Trinajstić information content (AvgIpc) is 3.34. The van der Waals surface area contributed by atoms with Gasteiger partial charge in [0.1, 0.15) is 17.5 Å². The number of amides is 3. The number of benzene rings is 2. The molecule has 3 amide bonds. The number of piperidine rings is 1. The first-order valence-corrected chi connectivity index (χ1v) is 14.2. The van der Waals surface area contributed by atoms with Gasteiger partial charge in [-0.1, -0.05) is 38.1 Å². The highest BCUT2D eigenvalue weighted by molar-refractivity contribution is 6.02. The Morgan fingerprint density at radius 3 is 2.71 bits per heavy atom. The smallest absolute Gasteiger partial charge is 0.264 e. The summed E-state index contributed by atoms with van der Waals surface area (Å²) < 4.78 is 7.68. The first kappa shape index (κ1) is 26.9. The first-order valence-electron chi connectivity index (χ1n) is 14.2. The summed E-state index contributed by atoms with van der Waals surface area (Å²) in [5.74, 6) is -0.834. The normalized spacial score (nSPS) is 20.7. The van der Waals surface area contributed by atoms with Gasteiger partial charge in [0, 0.05) is 17.3 Å². The molecule has 4 aromatic rings. The highest BCUT2D eigenvalue weighted by Gasteiger charge is 2.41. The Morgan fingerprint density at radius 2 is 1.95 bits per heavy atom. The van der Waals surface area contributed by atoms with Crippen molar-refractivity contribution in [3.8, 4) is 0 Å². The third-order valence-corrected chi connectivity index (χ3v) is 8.51. The van der Waals surface area contributed by atoms with Crippen LogP contribution in [-0.2, 0) is 37.6 Å². The third kappa shape index (κ3) is 4.42. The van der Waals surface area contributed by atoms with Crippen LogP contribution in [0.5, 0.6) is 0 Å². The fourth-order valence-electron chi connectivity index (χ4n) is 6.45. The number of carbonyl (C=O) groups is 3. The molecule has 2 aliphatic heterocycles. The van der Waals surface area contributed by atoms with Gasteiger partial charge in [-0.2, -0.15) is 0 Å². The average molecular weight is 556 g/mol. The van der Waals surface area contributed by atoms with E-state index in [1.54, 1.807) is 25.1 Å². The van der Waals surface area contributed by atoms with Crippen LogP contribution in [0, 0.1) is 6.92 Å². The SMILES string of the molecule is CCc1cccc2c3c([nH]c12)C(CC)(CC(=O)Nc1cccc2nc(C)n(C4CCC(=O)NC4=O)c(=O)c12)OCC3. The number of H-pyrrole nitrogens is 1. The molecule has 3 N–H and O–H groups in total. The molecular weight excluding hydrogens is 522 g/mol. The Labute approximate surface area is 236 Å². The minimum absolute atomic E-state index is 0.0573. The maximum Gasteiger partial charge on any atom is 0.264 e. The molecule has 0 spiro atoms. The van der Waals surface area contributed by atoms with Gasteiger partial charge in [0.25, 0.3) is 5.56 Å². The number of rotatable bonds is 6. The minimum Gasteiger partial charge on any atom is -0.368 e. The maximum atomic E-state index is 13.8. The van der Waals surface area contributed by atoms with Crippen molar-refractivity contribution >= 4 is 45.2 Å². The number of imide groups is 1. The Balaban J connectivity index is 1.36. The number of fused-ring (bicyclic) bond motifs is 4. The molecule has 1 saturated heterocycles. The lowest BCUT2D eigenvalue weighted by Crippen LogP contribution is -2.45. The number of ether oxygens (including phenoxy) is 1. The summed E-state index contributed by atoms with van der Waals surface area (Å²) in [5, 5.41) is 6.64. The summed E-state index contributed by atoms with van der Waals surface area (Å²) in [7, 11) is 0. The lowest BCUT2D eigenvalue weighted by atomic mass is 9.86. The van der Waals surface area contributed by atoms with Crippen molar-refractivity contribution in [3.63, 3.8) is 0 Å². The van der Waals surface area contributed by atoms with E-state index in [1.165, 1.54) is 21.1 Å². The van der Waals surface area contributed by atoms with Gasteiger partial charge >= 0.3 is 0 Å². The standard InChI is InChI=1S/C31H33N5O5/c1-4-18-8-6-9-19-20-14-15-41-31(5-2,28(20)35-27(18)19)16-25(38)33-22-11-7-10-21-26(22)30(40)36(17(3)32-21)23-12-13-24(37)34-29(23)39/h6-11,23,35H,4-5,12-16H2,1-3H3,(H,33,38)(H,34,37,39). The summed E-state index contributed by atoms with van der Waals surface area (Å²) in [6.07, 6.45) is 2.63. The highest BCUT2D eigenvalue weighted by Crippen LogP contribution is 2.42. The van der Waals surface area contributed by atoms with Crippen molar-refractivity contribution in [2.45, 2.75) is 70.9 Å². The molecule has 0 radical (unpaired) electrons. The summed E-state index contributed by atoms with van der Waals surface area (Å²) in [5.41, 5.74) is 3.89. The third-order valence-electron chi connectivity index (χ3n) is 8.51. The van der Waals surface area contributed by atoms with Crippen LogP contribution in [0.2, 0.25) is 0 Å². The van der Waals surface area contributed by atoms with Gasteiger partial charge in [-0.15, -0.1) is 0 Å². The van der Waals surface area contributed by atoms with Gasteiger partial charge in [-0.25, -0.2) is 4.98 Å². The van der Waals surface area contributed by atoms with Crippen molar-refractivity contribution in [3.05, 3.63) is 69.4 Å². The largest absolute Gasteiger partial charge is 0.368 e. The number of para-hydroxylation sites is 1. The molecule has 10 heteroatoms. The molecule has 0 saturated carbocycles. The Hall–Kier alpha value is -4.31. The number of carbonyl (C=O) groups excluding carboxylic acids is 3. The fraction of sp³-hybridized carbons (Fsp3) is 0.387. The second-order valence-electron chi connectivity index (χ2n) is 10.8. The number of aryl methyl sites for hydroxylation is 2. The number of aromatic amines is 1. The van der Waals surface area contributed by atoms with E-state index >= 15 is 0 Å². The number of hydrogen-bond acceptors (Lipinski definition) is 6. The topological polar surface area (TPSA) is 135 Å². The van der Waals surface area contributed by atoms with Gasteiger partial charge in [0.2, 0.25) is 17.7 Å². The van der Waals surface area contributed by atoms with E-state index in [0.717, 1.165) is 24.1 Å². The zero-order chi connectivity index (χ0) is 28.9. The van der Waals surface area contributed by atoms with E-state index < -0.39 is 23.1 Å². The van der Waals surface area contributed by atoms with E-state index in [2.05, 4.69) is 45.7 Å². The van der Waals surface area contributed by atoms with Crippen LogP contribution < -0.4 is 16.2 Å². The van der Waals surface area contributed by atoms with E-state index in [4.69, 9.17) is 4.74 Å². The Morgan fingerprint density at radius 1 is 1.15 bits per heavy atom. The molecule has 0 aliphatic carbocycles. The molecule has 2 aromatic carbocycles.